The number of aryl methyl sites for hydroxylation is 1. The highest BCUT2D eigenvalue weighted by molar-refractivity contribution is 7.92. The fourth-order valence-electron chi connectivity index (χ4n) is 2.49. The van der Waals surface area contributed by atoms with E-state index in [1.807, 2.05) is 30.3 Å². The number of carboxylic acids is 1. The summed E-state index contributed by atoms with van der Waals surface area (Å²) in [5.41, 5.74) is 0.984. The van der Waals surface area contributed by atoms with Gasteiger partial charge < -0.3 is 9.84 Å². The quantitative estimate of drug-likeness (QED) is 0.793. The van der Waals surface area contributed by atoms with Crippen LogP contribution in [0.5, 0.6) is 5.75 Å². The lowest BCUT2D eigenvalue weighted by Crippen LogP contribution is -2.25. The maximum atomic E-state index is 12.8. The number of aliphatic carboxylic acids is 1. The van der Waals surface area contributed by atoms with Gasteiger partial charge in [-0.2, -0.15) is 0 Å². The van der Waals surface area contributed by atoms with Gasteiger partial charge in [-0.15, -0.1) is 0 Å². The molecule has 6 heteroatoms. The lowest BCUT2D eigenvalue weighted by Gasteiger charge is -2.16. The summed E-state index contributed by atoms with van der Waals surface area (Å²) < 4.78 is 30.6. The first-order chi connectivity index (χ1) is 11.4. The zero-order valence-corrected chi connectivity index (χ0v) is 14.2. The van der Waals surface area contributed by atoms with E-state index in [0.717, 1.165) is 5.56 Å². The van der Waals surface area contributed by atoms with Gasteiger partial charge in [0, 0.05) is 0 Å². The van der Waals surface area contributed by atoms with Crippen LogP contribution in [0.3, 0.4) is 0 Å². The monoisotopic (exact) mass is 348 g/mol. The Balaban J connectivity index is 2.22. The third-order valence-corrected chi connectivity index (χ3v) is 6.04. The Labute approximate surface area is 141 Å². The number of hydrogen-bond donors (Lipinski definition) is 1. The summed E-state index contributed by atoms with van der Waals surface area (Å²) in [5.74, 6) is -0.571. The standard InChI is InChI=1S/C18H20O5S/c1-23-15-8-11-16(12-9-15)24(21,22)17(13-18(19)20)10-7-14-5-3-2-4-6-14/h2-6,8-9,11-12,17H,7,10,13H2,1H3,(H,19,20). The molecule has 1 atom stereocenters. The second kappa shape index (κ2) is 7.97. The van der Waals surface area contributed by atoms with E-state index < -0.39 is 27.5 Å². The van der Waals surface area contributed by atoms with Crippen molar-refractivity contribution >= 4 is 15.8 Å². The maximum Gasteiger partial charge on any atom is 0.304 e. The normalized spacial score (nSPS) is 12.5. The SMILES string of the molecule is COc1ccc(S(=O)(=O)C(CCc2ccccc2)CC(=O)O)cc1. The number of rotatable bonds is 8. The molecular weight excluding hydrogens is 328 g/mol. The number of carbonyl (C=O) groups is 1. The second-order valence-corrected chi connectivity index (χ2v) is 7.69. The van der Waals surface area contributed by atoms with Gasteiger partial charge >= 0.3 is 5.97 Å². The molecule has 2 aromatic carbocycles. The molecule has 0 aliphatic carbocycles. The highest BCUT2D eigenvalue weighted by atomic mass is 32.2. The lowest BCUT2D eigenvalue weighted by molar-refractivity contribution is -0.137. The van der Waals surface area contributed by atoms with E-state index in [9.17, 15) is 13.2 Å². The topological polar surface area (TPSA) is 80.7 Å². The van der Waals surface area contributed by atoms with E-state index in [0.29, 0.717) is 12.2 Å². The number of methoxy groups -OCH3 is 1. The van der Waals surface area contributed by atoms with Crippen molar-refractivity contribution in [2.24, 2.45) is 0 Å². The van der Waals surface area contributed by atoms with Crippen LogP contribution < -0.4 is 4.74 Å². The van der Waals surface area contributed by atoms with Crippen molar-refractivity contribution in [2.45, 2.75) is 29.4 Å². The van der Waals surface area contributed by atoms with E-state index in [2.05, 4.69) is 0 Å². The van der Waals surface area contributed by atoms with Crippen LogP contribution in [0.4, 0.5) is 0 Å². The highest BCUT2D eigenvalue weighted by Crippen LogP contribution is 2.24. The smallest absolute Gasteiger partial charge is 0.304 e. The van der Waals surface area contributed by atoms with Crippen LogP contribution in [0.2, 0.25) is 0 Å². The molecule has 0 saturated carbocycles. The first kappa shape index (κ1) is 18.0. The predicted molar refractivity (Wildman–Crippen MR) is 91.0 cm³/mol. The van der Waals surface area contributed by atoms with Gasteiger partial charge in [0.05, 0.1) is 23.7 Å². The van der Waals surface area contributed by atoms with Crippen molar-refractivity contribution in [3.05, 3.63) is 60.2 Å². The number of benzene rings is 2. The molecule has 0 heterocycles. The van der Waals surface area contributed by atoms with Gasteiger partial charge in [0.25, 0.3) is 0 Å². The van der Waals surface area contributed by atoms with Gasteiger partial charge in [-0.1, -0.05) is 30.3 Å². The molecule has 0 spiro atoms. The summed E-state index contributed by atoms with van der Waals surface area (Å²) >= 11 is 0. The molecule has 0 aliphatic heterocycles. The third kappa shape index (κ3) is 4.58. The minimum Gasteiger partial charge on any atom is -0.497 e. The lowest BCUT2D eigenvalue weighted by atomic mass is 10.1. The number of ether oxygens (including phenoxy) is 1. The minimum atomic E-state index is -3.73. The van der Waals surface area contributed by atoms with Crippen LogP contribution in [0, 0.1) is 0 Å². The average Bonchev–Trinajstić information content (AvgIpc) is 2.59. The number of carboxylic acid groups (broad SMARTS) is 1. The molecule has 1 unspecified atom stereocenters. The van der Waals surface area contributed by atoms with Crippen molar-refractivity contribution in [3.63, 3.8) is 0 Å². The minimum absolute atomic E-state index is 0.114. The fraction of sp³-hybridized carbons (Fsp3) is 0.278. The van der Waals surface area contributed by atoms with Crippen LogP contribution in [0.15, 0.2) is 59.5 Å². The molecule has 0 bridgehead atoms. The Morgan fingerprint density at radius 2 is 1.71 bits per heavy atom. The van der Waals surface area contributed by atoms with E-state index >= 15 is 0 Å². The molecule has 0 fully saturated rings. The van der Waals surface area contributed by atoms with Gasteiger partial charge in [0.1, 0.15) is 5.75 Å². The van der Waals surface area contributed by atoms with E-state index in [-0.39, 0.29) is 11.3 Å². The molecule has 2 rings (SSSR count). The van der Waals surface area contributed by atoms with Crippen LogP contribution in [0.25, 0.3) is 0 Å². The van der Waals surface area contributed by atoms with Gasteiger partial charge in [-0.3, -0.25) is 4.79 Å². The molecular formula is C18H20O5S. The van der Waals surface area contributed by atoms with Crippen molar-refractivity contribution in [3.8, 4) is 5.75 Å². The predicted octanol–water partition coefficient (Wildman–Crippen LogP) is 2.95. The number of hydrogen-bond acceptors (Lipinski definition) is 4. The highest BCUT2D eigenvalue weighted by Gasteiger charge is 2.29. The molecule has 0 radical (unpaired) electrons. The van der Waals surface area contributed by atoms with E-state index in [1.54, 1.807) is 12.1 Å². The van der Waals surface area contributed by atoms with Crippen molar-refractivity contribution in [1.82, 2.24) is 0 Å². The zero-order chi connectivity index (χ0) is 17.6. The molecule has 0 amide bonds. The van der Waals surface area contributed by atoms with Crippen molar-refractivity contribution in [2.75, 3.05) is 7.11 Å². The zero-order valence-electron chi connectivity index (χ0n) is 13.4. The summed E-state index contributed by atoms with van der Waals surface area (Å²) in [6, 6.07) is 15.4. The molecule has 24 heavy (non-hydrogen) atoms. The van der Waals surface area contributed by atoms with Crippen LogP contribution in [-0.2, 0) is 21.1 Å². The largest absolute Gasteiger partial charge is 0.497 e. The van der Waals surface area contributed by atoms with Crippen molar-refractivity contribution < 1.29 is 23.1 Å². The van der Waals surface area contributed by atoms with E-state index in [4.69, 9.17) is 9.84 Å². The fourth-order valence-corrected chi connectivity index (χ4v) is 4.18. The Morgan fingerprint density at radius 1 is 1.08 bits per heavy atom. The van der Waals surface area contributed by atoms with Gasteiger partial charge in [0.2, 0.25) is 0 Å². The maximum absolute atomic E-state index is 12.8. The van der Waals surface area contributed by atoms with Gasteiger partial charge in [-0.25, -0.2) is 8.42 Å². The summed E-state index contributed by atoms with van der Waals surface area (Å²) in [6.45, 7) is 0. The Kier molecular flexibility index (Phi) is 5.98. The first-order valence-electron chi connectivity index (χ1n) is 7.57. The number of sulfone groups is 1. The Bertz CT molecular complexity index is 767. The first-order valence-corrected chi connectivity index (χ1v) is 9.12. The molecule has 1 N–H and O–H groups in total. The summed E-state index contributed by atoms with van der Waals surface area (Å²) in [6.07, 6.45) is 0.347. The molecule has 0 aliphatic rings. The molecule has 128 valence electrons. The molecule has 5 nitrogen and oxygen atoms in total. The van der Waals surface area contributed by atoms with Crippen LogP contribution in [-0.4, -0.2) is 31.9 Å². The molecule has 0 saturated heterocycles. The average molecular weight is 348 g/mol. The second-order valence-electron chi connectivity index (χ2n) is 5.46. The molecule has 0 aromatic heterocycles. The third-order valence-electron chi connectivity index (χ3n) is 3.83. The van der Waals surface area contributed by atoms with Crippen LogP contribution in [0.1, 0.15) is 18.4 Å². The summed E-state index contributed by atoms with van der Waals surface area (Å²) in [7, 11) is -2.23. The van der Waals surface area contributed by atoms with Gasteiger partial charge in [-0.05, 0) is 42.7 Å². The molecule has 2 aromatic rings. The summed E-state index contributed by atoms with van der Waals surface area (Å²) in [5, 5.41) is 8.12. The Hall–Kier alpha value is -2.34. The van der Waals surface area contributed by atoms with Crippen molar-refractivity contribution in [1.29, 1.82) is 0 Å². The van der Waals surface area contributed by atoms with E-state index in [1.165, 1.54) is 19.2 Å². The Morgan fingerprint density at radius 3 is 2.25 bits per heavy atom. The summed E-state index contributed by atoms with van der Waals surface area (Å²) in [4.78, 5) is 11.2. The van der Waals surface area contributed by atoms with Crippen LogP contribution >= 0.6 is 0 Å². The van der Waals surface area contributed by atoms with Gasteiger partial charge in [0.15, 0.2) is 9.84 Å².